The van der Waals surface area contributed by atoms with Gasteiger partial charge in [0.1, 0.15) is 0 Å². The van der Waals surface area contributed by atoms with Crippen LogP contribution in [-0.4, -0.2) is 0 Å². The number of rotatable bonds is 0. The number of hydrogen-bond acceptors (Lipinski definition) is 2. The first-order valence-corrected chi connectivity index (χ1v) is 2.94. The van der Waals surface area contributed by atoms with Crippen molar-refractivity contribution in [2.24, 2.45) is 0 Å². The van der Waals surface area contributed by atoms with Gasteiger partial charge in [-0.1, -0.05) is 11.3 Å². The number of aromatic nitrogens is 1. The molecule has 1 rings (SSSR count). The average Bonchev–Trinajstić information content (AvgIpc) is 1.88. The second-order valence-corrected chi connectivity index (χ2v) is 2.05. The Balaban J connectivity index is 3.39. The quantitative estimate of drug-likeness (QED) is 0.460. The minimum Gasteiger partial charge on any atom is -0.875 e. The standard InChI is InChI=1S/C7H8N2O/c1-6(10)7-2-4-9(8)5-3-7/h2-5H,1H3,(H-,8,10). The van der Waals surface area contributed by atoms with Crippen LogP contribution in [0.15, 0.2) is 24.5 Å². The van der Waals surface area contributed by atoms with E-state index in [2.05, 4.69) is 0 Å². The first-order chi connectivity index (χ1) is 4.70. The molecule has 3 nitrogen and oxygen atoms in total. The Morgan fingerprint density at radius 3 is 2.40 bits per heavy atom. The van der Waals surface area contributed by atoms with Gasteiger partial charge in [-0.2, -0.15) is 0 Å². The van der Waals surface area contributed by atoms with Gasteiger partial charge in [-0.05, 0) is 10.7 Å². The predicted molar refractivity (Wildman–Crippen MR) is 33.5 cm³/mol. The molecular formula is C7H8N2O. The summed E-state index contributed by atoms with van der Waals surface area (Å²) >= 11 is 0. The second kappa shape index (κ2) is 2.47. The van der Waals surface area contributed by atoms with E-state index in [0.717, 1.165) is 4.36 Å². The van der Waals surface area contributed by atoms with Crippen LogP contribution in [0.2, 0.25) is 0 Å². The Morgan fingerprint density at radius 2 is 2.00 bits per heavy atom. The number of nitrogens with one attached hydrogen (secondary N) is 1. The lowest BCUT2D eigenvalue weighted by atomic mass is 10.3. The molecule has 0 saturated heterocycles. The Morgan fingerprint density at radius 1 is 1.50 bits per heavy atom. The molecule has 0 aliphatic rings. The molecule has 0 saturated carbocycles. The van der Waals surface area contributed by atoms with E-state index in [9.17, 15) is 5.11 Å². The second-order valence-electron chi connectivity index (χ2n) is 2.05. The van der Waals surface area contributed by atoms with Crippen LogP contribution in [0.4, 0.5) is 0 Å². The maximum absolute atomic E-state index is 10.7. The first kappa shape index (κ1) is 6.74. The molecule has 1 aromatic rings. The minimum absolute atomic E-state index is 0.0283. The van der Waals surface area contributed by atoms with Gasteiger partial charge in [0.25, 0.3) is 0 Å². The van der Waals surface area contributed by atoms with E-state index in [0.29, 0.717) is 5.22 Å². The monoisotopic (exact) mass is 136 g/mol. The molecule has 1 heterocycles. The molecule has 3 heteroatoms. The fourth-order valence-electron chi connectivity index (χ4n) is 0.661. The van der Waals surface area contributed by atoms with Crippen molar-refractivity contribution in [1.29, 1.82) is 5.53 Å². The van der Waals surface area contributed by atoms with Gasteiger partial charge in [-0.3, -0.25) is 0 Å². The summed E-state index contributed by atoms with van der Waals surface area (Å²) in [5, 5.41) is 11.3. The topological polar surface area (TPSA) is 52.8 Å². The molecule has 0 atom stereocenters. The highest BCUT2D eigenvalue weighted by atomic mass is 16.3. The highest BCUT2D eigenvalue weighted by Gasteiger charge is 1.83. The third-order valence-electron chi connectivity index (χ3n) is 1.24. The Bertz CT molecular complexity index is 304. The molecule has 0 fully saturated rings. The van der Waals surface area contributed by atoms with E-state index in [1.807, 2.05) is 0 Å². The van der Waals surface area contributed by atoms with Crippen LogP contribution in [0.1, 0.15) is 6.92 Å². The molecule has 1 N–H and O–H groups in total. The van der Waals surface area contributed by atoms with Crippen molar-refractivity contribution in [3.05, 3.63) is 29.7 Å². The summed E-state index contributed by atoms with van der Waals surface area (Å²) in [6, 6.07) is 3.24. The summed E-state index contributed by atoms with van der Waals surface area (Å²) in [7, 11) is 0. The van der Waals surface area contributed by atoms with Crippen LogP contribution in [0, 0.1) is 5.53 Å². The maximum atomic E-state index is 10.7. The van der Waals surface area contributed by atoms with Gasteiger partial charge in [0, 0.05) is 12.1 Å². The highest BCUT2D eigenvalue weighted by Crippen LogP contribution is 1.72. The zero-order valence-corrected chi connectivity index (χ0v) is 5.66. The molecule has 52 valence electrons. The van der Waals surface area contributed by atoms with Crippen molar-refractivity contribution >= 4 is 5.76 Å². The van der Waals surface area contributed by atoms with Crippen molar-refractivity contribution in [1.82, 2.24) is 0 Å². The van der Waals surface area contributed by atoms with Crippen LogP contribution in [0.3, 0.4) is 0 Å². The minimum atomic E-state index is 0.0283. The SMILES string of the molecule is CC([O-])=c1cc[n+](=N)cc1. The largest absolute Gasteiger partial charge is 0.875 e. The Labute approximate surface area is 58.4 Å². The van der Waals surface area contributed by atoms with E-state index in [1.54, 1.807) is 12.1 Å². The molecule has 0 spiro atoms. The molecule has 0 aliphatic heterocycles. The summed E-state index contributed by atoms with van der Waals surface area (Å²) in [6.07, 6.45) is 3.05. The molecular weight excluding hydrogens is 128 g/mol. The van der Waals surface area contributed by atoms with Crippen molar-refractivity contribution in [3.8, 4) is 0 Å². The molecule has 0 unspecified atom stereocenters. The summed E-state index contributed by atoms with van der Waals surface area (Å²) in [5.74, 6) is 0.0283. The number of pyridine rings is 1. The molecule has 0 radical (unpaired) electrons. The molecule has 0 aromatic carbocycles. The fourth-order valence-corrected chi connectivity index (χ4v) is 0.661. The van der Waals surface area contributed by atoms with Gasteiger partial charge in [0.15, 0.2) is 0 Å². The Hall–Kier alpha value is -1.38. The van der Waals surface area contributed by atoms with Gasteiger partial charge >= 0.3 is 0 Å². The van der Waals surface area contributed by atoms with Crippen LogP contribution in [0.25, 0.3) is 5.76 Å². The van der Waals surface area contributed by atoms with E-state index >= 15 is 0 Å². The molecule has 1 aromatic heterocycles. The van der Waals surface area contributed by atoms with Gasteiger partial charge in [0.2, 0.25) is 12.4 Å². The zero-order chi connectivity index (χ0) is 7.56. The lowest BCUT2D eigenvalue weighted by Crippen LogP contribution is -2.19. The third-order valence-corrected chi connectivity index (χ3v) is 1.24. The molecule has 0 aliphatic carbocycles. The summed E-state index contributed by atoms with van der Waals surface area (Å²) in [6.45, 7) is 1.50. The van der Waals surface area contributed by atoms with Gasteiger partial charge in [-0.25, -0.2) is 0 Å². The van der Waals surface area contributed by atoms with Crippen molar-refractivity contribution in [2.75, 3.05) is 0 Å². The van der Waals surface area contributed by atoms with Crippen LogP contribution < -0.4 is 14.7 Å². The Kier molecular flexibility index (Phi) is 1.67. The van der Waals surface area contributed by atoms with Gasteiger partial charge in [-0.15, -0.1) is 5.76 Å². The number of hydrogen-bond donors (Lipinski definition) is 1. The van der Waals surface area contributed by atoms with Gasteiger partial charge < -0.3 is 5.11 Å². The summed E-state index contributed by atoms with van der Waals surface area (Å²) in [5.41, 5.74) is 7.04. The molecule has 10 heavy (non-hydrogen) atoms. The third kappa shape index (κ3) is 1.31. The smallest absolute Gasteiger partial charge is 0.202 e. The predicted octanol–water partition coefficient (Wildman–Crippen LogP) is -0.927. The average molecular weight is 136 g/mol. The van der Waals surface area contributed by atoms with E-state index in [-0.39, 0.29) is 5.76 Å². The van der Waals surface area contributed by atoms with Crippen molar-refractivity contribution in [3.63, 3.8) is 0 Å². The zero-order valence-electron chi connectivity index (χ0n) is 5.66. The molecule has 0 bridgehead atoms. The van der Waals surface area contributed by atoms with Crippen molar-refractivity contribution in [2.45, 2.75) is 6.92 Å². The van der Waals surface area contributed by atoms with Gasteiger partial charge in [0.05, 0.1) is 0 Å². The molecule has 0 amide bonds. The first-order valence-electron chi connectivity index (χ1n) is 2.94. The van der Waals surface area contributed by atoms with Crippen LogP contribution in [0.5, 0.6) is 0 Å². The number of nitrogens with zero attached hydrogens (tertiary/aromatic N) is 1. The lowest BCUT2D eigenvalue weighted by molar-refractivity contribution is -0.571. The fraction of sp³-hybridized carbons (Fsp3) is 0.143. The van der Waals surface area contributed by atoms with E-state index < -0.39 is 0 Å². The van der Waals surface area contributed by atoms with E-state index in [4.69, 9.17) is 5.53 Å². The lowest BCUT2D eigenvalue weighted by Gasteiger charge is -1.99. The van der Waals surface area contributed by atoms with E-state index in [1.165, 1.54) is 19.3 Å². The van der Waals surface area contributed by atoms with Crippen LogP contribution >= 0.6 is 0 Å². The summed E-state index contributed by atoms with van der Waals surface area (Å²) in [4.78, 5) is 0. The normalized spacial score (nSPS) is 9.30. The summed E-state index contributed by atoms with van der Waals surface area (Å²) < 4.78 is 1.15. The van der Waals surface area contributed by atoms with Crippen molar-refractivity contribution < 1.29 is 9.47 Å². The maximum Gasteiger partial charge on any atom is 0.202 e. The highest BCUT2D eigenvalue weighted by molar-refractivity contribution is 5.26. The van der Waals surface area contributed by atoms with Crippen LogP contribution in [-0.2, 0) is 0 Å².